The third kappa shape index (κ3) is 5.28. The lowest BCUT2D eigenvalue weighted by Crippen LogP contribution is -2.39. The van der Waals surface area contributed by atoms with E-state index < -0.39 is 15.9 Å². The highest BCUT2D eigenvalue weighted by molar-refractivity contribution is 7.99. The molecule has 12 nitrogen and oxygen atoms in total. The number of anilines is 2. The normalized spacial score (nSPS) is 14.8. The van der Waals surface area contributed by atoms with E-state index in [4.69, 9.17) is 0 Å². The molecule has 188 valence electrons. The minimum Gasteiger partial charge on any atom is -0.333 e. The monoisotopic (exact) mass is 529 g/mol. The summed E-state index contributed by atoms with van der Waals surface area (Å²) in [6, 6.07) is 6.24. The Labute approximate surface area is 210 Å². The Balaban J connectivity index is 1.22. The third-order valence-electron chi connectivity index (χ3n) is 5.77. The van der Waals surface area contributed by atoms with Gasteiger partial charge in [0.2, 0.25) is 15.9 Å². The molecule has 2 aliphatic rings. The molecule has 4 heterocycles. The first-order valence-corrected chi connectivity index (χ1v) is 14.0. The van der Waals surface area contributed by atoms with Crippen molar-refractivity contribution >= 4 is 45.0 Å². The summed E-state index contributed by atoms with van der Waals surface area (Å²) in [7, 11) is -3.39. The van der Waals surface area contributed by atoms with E-state index in [-0.39, 0.29) is 30.1 Å². The summed E-state index contributed by atoms with van der Waals surface area (Å²) in [6.45, 7) is 1.91. The summed E-state index contributed by atoms with van der Waals surface area (Å²) in [5, 5.41) is 3.42. The summed E-state index contributed by atoms with van der Waals surface area (Å²) < 4.78 is 28.7. The quantitative estimate of drug-likeness (QED) is 0.445. The van der Waals surface area contributed by atoms with Crippen molar-refractivity contribution in [3.63, 3.8) is 0 Å². The van der Waals surface area contributed by atoms with Gasteiger partial charge in [-0.15, -0.1) is 0 Å². The summed E-state index contributed by atoms with van der Waals surface area (Å²) in [4.78, 5) is 48.0. The van der Waals surface area contributed by atoms with Crippen molar-refractivity contribution in [1.82, 2.24) is 24.0 Å². The smallest absolute Gasteiger partial charge is 0.277 e. The topological polar surface area (TPSA) is 148 Å². The van der Waals surface area contributed by atoms with Crippen LogP contribution in [-0.2, 0) is 40.9 Å². The summed E-state index contributed by atoms with van der Waals surface area (Å²) >= 11 is 1.53. The Morgan fingerprint density at radius 3 is 2.53 bits per heavy atom. The summed E-state index contributed by atoms with van der Waals surface area (Å²) in [6.07, 6.45) is 4.39. The number of aromatic nitrogens is 4. The maximum Gasteiger partial charge on any atom is 0.277 e. The molecule has 0 radical (unpaired) electrons. The number of benzene rings is 1. The van der Waals surface area contributed by atoms with Crippen molar-refractivity contribution in [2.75, 3.05) is 28.6 Å². The standard InChI is InChI=1S/C22H23N7O5S2/c1-36(33,34)26-16-4-2-15(3-5-16)23-21(32)17-12-27-6-7-28(13-18(27)24-17)19(30)10-14-11-29-8-9-35-22(29)25-20(14)31/h2-5,11-12,26H,6-10,13H2,1H3,(H,23,32). The third-order valence-corrected chi connectivity index (χ3v) is 7.35. The van der Waals surface area contributed by atoms with Gasteiger partial charge in [0.05, 0.1) is 19.2 Å². The highest BCUT2D eigenvalue weighted by Crippen LogP contribution is 2.22. The van der Waals surface area contributed by atoms with Gasteiger partial charge in [0.1, 0.15) is 11.5 Å². The van der Waals surface area contributed by atoms with E-state index in [9.17, 15) is 22.8 Å². The van der Waals surface area contributed by atoms with E-state index in [0.717, 1.165) is 18.6 Å². The molecule has 0 atom stereocenters. The Kier molecular flexibility index (Phi) is 6.30. The molecule has 36 heavy (non-hydrogen) atoms. The molecule has 14 heteroatoms. The molecule has 0 spiro atoms. The average molecular weight is 530 g/mol. The van der Waals surface area contributed by atoms with E-state index in [1.165, 1.54) is 11.8 Å². The van der Waals surface area contributed by atoms with Crippen LogP contribution in [0, 0.1) is 0 Å². The van der Waals surface area contributed by atoms with Gasteiger partial charge in [-0.1, -0.05) is 11.8 Å². The summed E-state index contributed by atoms with van der Waals surface area (Å²) in [5.41, 5.74) is 1.07. The molecule has 2 aliphatic heterocycles. The van der Waals surface area contributed by atoms with Crippen LogP contribution in [0.15, 0.2) is 46.6 Å². The van der Waals surface area contributed by atoms with Gasteiger partial charge in [0.25, 0.3) is 11.5 Å². The molecule has 2 aromatic heterocycles. The molecule has 0 fully saturated rings. The number of hydrogen-bond donors (Lipinski definition) is 2. The van der Waals surface area contributed by atoms with E-state index in [0.29, 0.717) is 41.0 Å². The first kappa shape index (κ1) is 24.1. The minimum absolute atomic E-state index is 0.0327. The Morgan fingerprint density at radius 1 is 1.03 bits per heavy atom. The number of amides is 2. The van der Waals surface area contributed by atoms with Gasteiger partial charge >= 0.3 is 0 Å². The lowest BCUT2D eigenvalue weighted by molar-refractivity contribution is -0.132. The summed E-state index contributed by atoms with van der Waals surface area (Å²) in [5.74, 6) is 0.824. The molecular weight excluding hydrogens is 506 g/mol. The largest absolute Gasteiger partial charge is 0.333 e. The highest BCUT2D eigenvalue weighted by atomic mass is 32.2. The molecule has 0 bridgehead atoms. The van der Waals surface area contributed by atoms with Crippen LogP contribution in [0.1, 0.15) is 21.9 Å². The predicted octanol–water partition coefficient (Wildman–Crippen LogP) is 0.754. The lowest BCUT2D eigenvalue weighted by Gasteiger charge is -2.27. The first-order valence-electron chi connectivity index (χ1n) is 11.1. The van der Waals surface area contributed by atoms with Crippen LogP contribution in [0.25, 0.3) is 0 Å². The number of nitrogens with one attached hydrogen (secondary N) is 2. The van der Waals surface area contributed by atoms with Crippen LogP contribution in [-0.4, -0.2) is 62.8 Å². The van der Waals surface area contributed by atoms with Gasteiger partial charge in [-0.2, -0.15) is 4.98 Å². The number of imidazole rings is 1. The second-order valence-electron chi connectivity index (χ2n) is 8.53. The van der Waals surface area contributed by atoms with Crippen molar-refractivity contribution in [1.29, 1.82) is 0 Å². The fourth-order valence-corrected chi connectivity index (χ4v) is 5.53. The van der Waals surface area contributed by atoms with Gasteiger partial charge in [0, 0.05) is 54.7 Å². The lowest BCUT2D eigenvalue weighted by atomic mass is 10.2. The molecule has 2 N–H and O–H groups in total. The SMILES string of the molecule is CS(=O)(=O)Nc1ccc(NC(=O)c2cn3c(n2)CN(C(=O)Cc2cn4c(nc2=O)SCC4)CC3)cc1. The molecule has 0 saturated heterocycles. The number of sulfonamides is 1. The van der Waals surface area contributed by atoms with Crippen LogP contribution >= 0.6 is 11.8 Å². The zero-order chi connectivity index (χ0) is 25.4. The van der Waals surface area contributed by atoms with Crippen molar-refractivity contribution in [3.05, 3.63) is 64.1 Å². The van der Waals surface area contributed by atoms with Gasteiger partial charge in [-0.05, 0) is 24.3 Å². The number of aryl methyl sites for hydroxylation is 1. The van der Waals surface area contributed by atoms with Crippen molar-refractivity contribution in [3.8, 4) is 0 Å². The fourth-order valence-electron chi connectivity index (χ4n) is 4.03. The van der Waals surface area contributed by atoms with Crippen molar-refractivity contribution < 1.29 is 18.0 Å². The number of thioether (sulfide) groups is 1. The Hall–Kier alpha value is -3.65. The zero-order valence-electron chi connectivity index (χ0n) is 19.3. The van der Waals surface area contributed by atoms with E-state index >= 15 is 0 Å². The zero-order valence-corrected chi connectivity index (χ0v) is 20.9. The number of nitrogens with zero attached hydrogens (tertiary/aromatic N) is 5. The number of fused-ring (bicyclic) bond motifs is 2. The molecule has 1 aromatic carbocycles. The van der Waals surface area contributed by atoms with Gasteiger partial charge < -0.3 is 19.4 Å². The van der Waals surface area contributed by atoms with E-state index in [2.05, 4.69) is 20.0 Å². The van der Waals surface area contributed by atoms with Crippen LogP contribution in [0.2, 0.25) is 0 Å². The Bertz CT molecular complexity index is 1510. The number of carbonyl (C=O) groups excluding carboxylic acids is 2. The number of hydrogen-bond acceptors (Lipinski definition) is 8. The van der Waals surface area contributed by atoms with Crippen LogP contribution in [0.3, 0.4) is 0 Å². The second kappa shape index (κ2) is 9.43. The molecule has 2 amide bonds. The molecule has 0 unspecified atom stereocenters. The van der Waals surface area contributed by atoms with Crippen LogP contribution in [0.4, 0.5) is 11.4 Å². The van der Waals surface area contributed by atoms with Crippen molar-refractivity contribution in [2.45, 2.75) is 31.2 Å². The average Bonchev–Trinajstić information content (AvgIpc) is 3.45. The maximum absolute atomic E-state index is 12.9. The van der Waals surface area contributed by atoms with Gasteiger partial charge in [-0.3, -0.25) is 19.1 Å². The van der Waals surface area contributed by atoms with Gasteiger partial charge in [0.15, 0.2) is 5.16 Å². The number of carbonyl (C=O) groups is 2. The second-order valence-corrected chi connectivity index (χ2v) is 11.3. The molecule has 5 rings (SSSR count). The van der Waals surface area contributed by atoms with E-state index in [1.54, 1.807) is 41.6 Å². The molecule has 0 saturated carbocycles. The first-order chi connectivity index (χ1) is 17.1. The van der Waals surface area contributed by atoms with E-state index in [1.807, 2.05) is 9.13 Å². The number of rotatable bonds is 6. The molecule has 3 aromatic rings. The molecule has 0 aliphatic carbocycles. The predicted molar refractivity (Wildman–Crippen MR) is 133 cm³/mol. The minimum atomic E-state index is -3.39. The van der Waals surface area contributed by atoms with Crippen molar-refractivity contribution in [2.24, 2.45) is 0 Å². The Morgan fingerprint density at radius 2 is 1.78 bits per heavy atom. The van der Waals surface area contributed by atoms with Crippen LogP contribution in [0.5, 0.6) is 0 Å². The fraction of sp³-hybridized carbons (Fsp3) is 0.318. The van der Waals surface area contributed by atoms with Crippen LogP contribution < -0.4 is 15.6 Å². The highest BCUT2D eigenvalue weighted by Gasteiger charge is 2.25. The maximum atomic E-state index is 12.9. The molecular formula is C22H23N7O5S2. The van der Waals surface area contributed by atoms with Gasteiger partial charge in [-0.25, -0.2) is 13.4 Å².